The van der Waals surface area contributed by atoms with Crippen molar-refractivity contribution in [1.29, 1.82) is 0 Å². The van der Waals surface area contributed by atoms with Gasteiger partial charge in [0, 0.05) is 25.5 Å². The standard InChI is InChI=1S/C27H27N3O2/c1-17-10-15-22(19(3)16-17)24-25(28-23-9-7-6-8-18(23)2)27(32)30(26(24)31)21-13-11-20(12-14-21)29(4)5/h6-16,28H,1-5H3. The van der Waals surface area contributed by atoms with E-state index in [2.05, 4.69) is 5.32 Å². The first-order valence-corrected chi connectivity index (χ1v) is 10.6. The lowest BCUT2D eigenvalue weighted by Gasteiger charge is -2.18. The average Bonchev–Trinajstić information content (AvgIpc) is 2.99. The summed E-state index contributed by atoms with van der Waals surface area (Å²) >= 11 is 0. The molecule has 3 aromatic carbocycles. The Morgan fingerprint density at radius 2 is 1.47 bits per heavy atom. The highest BCUT2D eigenvalue weighted by atomic mass is 16.2. The van der Waals surface area contributed by atoms with Crippen LogP contribution in [0.5, 0.6) is 0 Å². The molecule has 1 heterocycles. The molecule has 0 aromatic heterocycles. The van der Waals surface area contributed by atoms with E-state index in [4.69, 9.17) is 0 Å². The van der Waals surface area contributed by atoms with E-state index in [9.17, 15) is 9.59 Å². The Morgan fingerprint density at radius 3 is 2.09 bits per heavy atom. The van der Waals surface area contributed by atoms with E-state index >= 15 is 0 Å². The van der Waals surface area contributed by atoms with Crippen molar-refractivity contribution in [3.05, 3.63) is 94.7 Å². The minimum absolute atomic E-state index is 0.299. The van der Waals surface area contributed by atoms with Crippen molar-refractivity contribution in [1.82, 2.24) is 0 Å². The number of rotatable bonds is 5. The fourth-order valence-electron chi connectivity index (χ4n) is 3.97. The van der Waals surface area contributed by atoms with Crippen LogP contribution in [0.4, 0.5) is 17.1 Å². The second-order valence-corrected chi connectivity index (χ2v) is 8.36. The van der Waals surface area contributed by atoms with Crippen molar-refractivity contribution < 1.29 is 9.59 Å². The zero-order chi connectivity index (χ0) is 23.0. The number of aryl methyl sites for hydroxylation is 3. The molecule has 1 N–H and O–H groups in total. The van der Waals surface area contributed by atoms with Gasteiger partial charge in [0.25, 0.3) is 11.8 Å². The number of carbonyl (C=O) groups is 2. The predicted octanol–water partition coefficient (Wildman–Crippen LogP) is 5.07. The summed E-state index contributed by atoms with van der Waals surface area (Å²) in [5.74, 6) is -0.679. The second-order valence-electron chi connectivity index (χ2n) is 8.36. The third kappa shape index (κ3) is 3.78. The SMILES string of the molecule is Cc1ccc(C2=C(Nc3ccccc3C)C(=O)N(c3ccc(N(C)C)cc3)C2=O)c(C)c1. The molecule has 0 spiro atoms. The molecule has 0 radical (unpaired) electrons. The Hall–Kier alpha value is -3.86. The van der Waals surface area contributed by atoms with Crippen LogP contribution in [0, 0.1) is 20.8 Å². The average molecular weight is 426 g/mol. The fourth-order valence-corrected chi connectivity index (χ4v) is 3.97. The van der Waals surface area contributed by atoms with Crippen LogP contribution in [-0.4, -0.2) is 25.9 Å². The zero-order valence-electron chi connectivity index (χ0n) is 19.1. The topological polar surface area (TPSA) is 52.7 Å². The Bertz CT molecular complexity index is 1240. The second kappa shape index (κ2) is 8.35. The minimum Gasteiger partial charge on any atom is -0.378 e. The van der Waals surface area contributed by atoms with Crippen molar-refractivity contribution in [3.63, 3.8) is 0 Å². The normalized spacial score (nSPS) is 13.7. The van der Waals surface area contributed by atoms with Crippen LogP contribution in [0.15, 0.2) is 72.4 Å². The summed E-state index contributed by atoms with van der Waals surface area (Å²) in [5, 5.41) is 3.27. The lowest BCUT2D eigenvalue weighted by molar-refractivity contribution is -0.120. The van der Waals surface area contributed by atoms with Crippen LogP contribution in [0.1, 0.15) is 22.3 Å². The summed E-state index contributed by atoms with van der Waals surface area (Å²) in [5.41, 5.74) is 6.86. The fraction of sp³-hybridized carbons (Fsp3) is 0.185. The van der Waals surface area contributed by atoms with Crippen molar-refractivity contribution in [2.45, 2.75) is 20.8 Å². The largest absolute Gasteiger partial charge is 0.378 e. The van der Waals surface area contributed by atoms with Gasteiger partial charge in [-0.25, -0.2) is 4.90 Å². The summed E-state index contributed by atoms with van der Waals surface area (Å²) in [6.07, 6.45) is 0. The Morgan fingerprint density at radius 1 is 0.781 bits per heavy atom. The lowest BCUT2D eigenvalue weighted by atomic mass is 9.97. The van der Waals surface area contributed by atoms with Gasteiger partial charge in [-0.3, -0.25) is 9.59 Å². The first-order chi connectivity index (χ1) is 15.3. The summed E-state index contributed by atoms with van der Waals surface area (Å²) < 4.78 is 0. The van der Waals surface area contributed by atoms with Gasteiger partial charge < -0.3 is 10.2 Å². The number of benzene rings is 3. The van der Waals surface area contributed by atoms with Crippen molar-refractivity contribution in [2.75, 3.05) is 29.2 Å². The molecule has 3 aromatic rings. The van der Waals surface area contributed by atoms with E-state index < -0.39 is 0 Å². The van der Waals surface area contributed by atoms with Gasteiger partial charge in [-0.05, 0) is 67.8 Å². The summed E-state index contributed by atoms with van der Waals surface area (Å²) in [4.78, 5) is 30.5. The van der Waals surface area contributed by atoms with Crippen LogP contribution < -0.4 is 15.1 Å². The number of imide groups is 1. The molecule has 0 saturated carbocycles. The number of para-hydroxylation sites is 1. The van der Waals surface area contributed by atoms with Gasteiger partial charge in [0.2, 0.25) is 0 Å². The van der Waals surface area contributed by atoms with Gasteiger partial charge >= 0.3 is 0 Å². The molecule has 0 saturated heterocycles. The van der Waals surface area contributed by atoms with Gasteiger partial charge in [-0.1, -0.05) is 42.0 Å². The molecular formula is C27H27N3O2. The smallest absolute Gasteiger partial charge is 0.282 e. The maximum atomic E-state index is 13.7. The Kier molecular flexibility index (Phi) is 5.57. The molecule has 0 aliphatic carbocycles. The molecule has 4 rings (SSSR count). The molecule has 0 atom stereocenters. The first-order valence-electron chi connectivity index (χ1n) is 10.6. The number of amides is 2. The van der Waals surface area contributed by atoms with E-state index in [0.717, 1.165) is 33.6 Å². The quantitative estimate of drug-likeness (QED) is 0.580. The third-order valence-electron chi connectivity index (χ3n) is 5.76. The summed E-state index contributed by atoms with van der Waals surface area (Å²) in [6, 6.07) is 21.1. The van der Waals surface area contributed by atoms with Gasteiger partial charge in [-0.15, -0.1) is 0 Å². The first kappa shape index (κ1) is 21.4. The van der Waals surface area contributed by atoms with E-state index in [1.54, 1.807) is 0 Å². The van der Waals surface area contributed by atoms with Crippen molar-refractivity contribution >= 4 is 34.4 Å². The molecule has 0 bridgehead atoms. The number of hydrogen-bond donors (Lipinski definition) is 1. The van der Waals surface area contributed by atoms with Gasteiger partial charge in [-0.2, -0.15) is 0 Å². The molecule has 1 aliphatic rings. The summed E-state index contributed by atoms with van der Waals surface area (Å²) in [6.45, 7) is 5.95. The molecule has 5 heteroatoms. The summed E-state index contributed by atoms with van der Waals surface area (Å²) in [7, 11) is 3.90. The van der Waals surface area contributed by atoms with Crippen LogP contribution >= 0.6 is 0 Å². The highest BCUT2D eigenvalue weighted by molar-refractivity contribution is 6.46. The maximum Gasteiger partial charge on any atom is 0.282 e. The number of nitrogens with one attached hydrogen (secondary N) is 1. The van der Waals surface area contributed by atoms with E-state index in [0.29, 0.717) is 17.0 Å². The highest BCUT2D eigenvalue weighted by Gasteiger charge is 2.40. The van der Waals surface area contributed by atoms with Gasteiger partial charge in [0.05, 0.1) is 11.3 Å². The van der Waals surface area contributed by atoms with E-state index in [1.807, 2.05) is 106 Å². The minimum atomic E-state index is -0.356. The maximum absolute atomic E-state index is 13.7. The van der Waals surface area contributed by atoms with Crippen LogP contribution in [0.3, 0.4) is 0 Å². The molecule has 2 amide bonds. The number of nitrogens with zero attached hydrogens (tertiary/aromatic N) is 2. The third-order valence-corrected chi connectivity index (χ3v) is 5.76. The molecule has 0 fully saturated rings. The number of anilines is 3. The number of hydrogen-bond acceptors (Lipinski definition) is 4. The molecule has 5 nitrogen and oxygen atoms in total. The van der Waals surface area contributed by atoms with Crippen molar-refractivity contribution in [3.8, 4) is 0 Å². The molecular weight excluding hydrogens is 398 g/mol. The molecule has 1 aliphatic heterocycles. The van der Waals surface area contributed by atoms with Crippen molar-refractivity contribution in [2.24, 2.45) is 0 Å². The van der Waals surface area contributed by atoms with Crippen LogP contribution in [0.25, 0.3) is 5.57 Å². The monoisotopic (exact) mass is 425 g/mol. The van der Waals surface area contributed by atoms with E-state index in [1.165, 1.54) is 4.90 Å². The van der Waals surface area contributed by atoms with Crippen LogP contribution in [-0.2, 0) is 9.59 Å². The number of carbonyl (C=O) groups excluding carboxylic acids is 2. The van der Waals surface area contributed by atoms with Gasteiger partial charge in [0.15, 0.2) is 0 Å². The lowest BCUT2D eigenvalue weighted by Crippen LogP contribution is -2.32. The van der Waals surface area contributed by atoms with E-state index in [-0.39, 0.29) is 11.8 Å². The highest BCUT2D eigenvalue weighted by Crippen LogP contribution is 2.36. The van der Waals surface area contributed by atoms with Gasteiger partial charge in [0.1, 0.15) is 5.70 Å². The Labute approximate surface area is 189 Å². The molecule has 162 valence electrons. The molecule has 32 heavy (non-hydrogen) atoms. The zero-order valence-corrected chi connectivity index (χ0v) is 19.1. The molecule has 0 unspecified atom stereocenters. The Balaban J connectivity index is 1.83. The van der Waals surface area contributed by atoms with Crippen LogP contribution in [0.2, 0.25) is 0 Å². The predicted molar refractivity (Wildman–Crippen MR) is 131 cm³/mol.